The van der Waals surface area contributed by atoms with Crippen LogP contribution in [0.15, 0.2) is 29.2 Å². The molecule has 1 aliphatic rings. The molecular weight excluding hydrogens is 366 g/mol. The molecule has 1 saturated heterocycles. The second-order valence-electron chi connectivity index (χ2n) is 7.37. The van der Waals surface area contributed by atoms with Gasteiger partial charge in [-0.2, -0.15) is 4.31 Å². The predicted molar refractivity (Wildman–Crippen MR) is 104 cm³/mol. The first-order chi connectivity index (χ1) is 12.7. The van der Waals surface area contributed by atoms with Crippen molar-refractivity contribution < 1.29 is 18.0 Å². The lowest BCUT2D eigenvalue weighted by Crippen LogP contribution is -2.47. The Bertz CT molecular complexity index is 760. The van der Waals surface area contributed by atoms with Gasteiger partial charge in [-0.3, -0.25) is 9.59 Å². The highest BCUT2D eigenvalue weighted by Gasteiger charge is 2.35. The Morgan fingerprint density at radius 1 is 1.15 bits per heavy atom. The number of benzene rings is 1. The summed E-state index contributed by atoms with van der Waals surface area (Å²) in [5.74, 6) is -0.965. The molecule has 1 aliphatic heterocycles. The van der Waals surface area contributed by atoms with Gasteiger partial charge in [0, 0.05) is 25.7 Å². The fraction of sp³-hybridized carbons (Fsp3) is 0.579. The van der Waals surface area contributed by atoms with Crippen LogP contribution in [0.2, 0.25) is 0 Å². The molecule has 0 radical (unpaired) electrons. The summed E-state index contributed by atoms with van der Waals surface area (Å²) in [6, 6.07) is 6.38. The smallest absolute Gasteiger partial charge is 0.309 e. The van der Waals surface area contributed by atoms with Crippen molar-refractivity contribution in [1.29, 1.82) is 0 Å². The molecule has 0 spiro atoms. The minimum Gasteiger partial charge on any atom is -0.348 e. The zero-order chi connectivity index (χ0) is 20.0. The summed E-state index contributed by atoms with van der Waals surface area (Å²) in [5, 5.41) is 5.15. The SMILES string of the molecule is Cc1ccc(S(=O)(=O)N2CCC[C@H]2CNC(=O)C(=O)NCCC(C)C)cc1. The second kappa shape index (κ2) is 9.32. The molecular formula is C19H29N3O4S. The van der Waals surface area contributed by atoms with Crippen LogP contribution in [0.5, 0.6) is 0 Å². The number of carbonyl (C=O) groups is 2. The van der Waals surface area contributed by atoms with E-state index in [0.29, 0.717) is 25.4 Å². The van der Waals surface area contributed by atoms with E-state index in [0.717, 1.165) is 18.4 Å². The average molecular weight is 396 g/mol. The van der Waals surface area contributed by atoms with Crippen LogP contribution in [0, 0.1) is 12.8 Å². The summed E-state index contributed by atoms with van der Waals surface area (Å²) in [7, 11) is -3.62. The Balaban J connectivity index is 1.93. The number of amides is 2. The van der Waals surface area contributed by atoms with E-state index in [-0.39, 0.29) is 17.5 Å². The average Bonchev–Trinajstić information content (AvgIpc) is 3.09. The van der Waals surface area contributed by atoms with E-state index >= 15 is 0 Å². The molecule has 2 amide bonds. The first-order valence-electron chi connectivity index (χ1n) is 9.36. The van der Waals surface area contributed by atoms with Crippen molar-refractivity contribution in [2.45, 2.75) is 51.0 Å². The molecule has 0 aliphatic carbocycles. The van der Waals surface area contributed by atoms with E-state index in [1.54, 1.807) is 24.3 Å². The number of nitrogens with zero attached hydrogens (tertiary/aromatic N) is 1. The lowest BCUT2D eigenvalue weighted by Gasteiger charge is -2.24. The normalized spacial score (nSPS) is 17.9. The molecule has 1 fully saturated rings. The minimum atomic E-state index is -3.62. The summed E-state index contributed by atoms with van der Waals surface area (Å²) >= 11 is 0. The predicted octanol–water partition coefficient (Wildman–Crippen LogP) is 1.43. The molecule has 0 aromatic heterocycles. The quantitative estimate of drug-likeness (QED) is 0.683. The van der Waals surface area contributed by atoms with E-state index < -0.39 is 21.8 Å². The Kier molecular flexibility index (Phi) is 7.38. The van der Waals surface area contributed by atoms with Crippen molar-refractivity contribution in [3.8, 4) is 0 Å². The Morgan fingerprint density at radius 3 is 2.41 bits per heavy atom. The lowest BCUT2D eigenvalue weighted by molar-refractivity contribution is -0.139. The van der Waals surface area contributed by atoms with Crippen LogP contribution in [0.1, 0.15) is 38.7 Å². The van der Waals surface area contributed by atoms with Crippen molar-refractivity contribution >= 4 is 21.8 Å². The van der Waals surface area contributed by atoms with Gasteiger partial charge in [-0.1, -0.05) is 31.5 Å². The van der Waals surface area contributed by atoms with E-state index in [2.05, 4.69) is 10.6 Å². The highest BCUT2D eigenvalue weighted by atomic mass is 32.2. The van der Waals surface area contributed by atoms with Gasteiger partial charge in [0.15, 0.2) is 0 Å². The molecule has 7 nitrogen and oxygen atoms in total. The fourth-order valence-corrected chi connectivity index (χ4v) is 4.71. The standard InChI is InChI=1S/C19H29N3O4S/c1-14(2)10-11-20-18(23)19(24)21-13-16-5-4-12-22(16)27(25,26)17-8-6-15(3)7-9-17/h6-9,14,16H,4-5,10-13H2,1-3H3,(H,20,23)(H,21,24)/t16-/m0/s1. The van der Waals surface area contributed by atoms with Crippen LogP contribution >= 0.6 is 0 Å². The lowest BCUT2D eigenvalue weighted by atomic mass is 10.1. The third kappa shape index (κ3) is 5.77. The maximum absolute atomic E-state index is 12.9. The van der Waals surface area contributed by atoms with Crippen LogP contribution in [-0.2, 0) is 19.6 Å². The molecule has 2 N–H and O–H groups in total. The van der Waals surface area contributed by atoms with Gasteiger partial charge < -0.3 is 10.6 Å². The van der Waals surface area contributed by atoms with Gasteiger partial charge in [0.25, 0.3) is 0 Å². The summed E-state index contributed by atoms with van der Waals surface area (Å²) in [4.78, 5) is 24.0. The van der Waals surface area contributed by atoms with E-state index in [1.807, 2.05) is 20.8 Å². The number of hydrogen-bond acceptors (Lipinski definition) is 4. The maximum Gasteiger partial charge on any atom is 0.309 e. The largest absolute Gasteiger partial charge is 0.348 e. The first-order valence-corrected chi connectivity index (χ1v) is 10.8. The summed E-state index contributed by atoms with van der Waals surface area (Å²) in [6.45, 7) is 6.96. The number of hydrogen-bond donors (Lipinski definition) is 2. The van der Waals surface area contributed by atoms with Crippen molar-refractivity contribution in [3.63, 3.8) is 0 Å². The topological polar surface area (TPSA) is 95.6 Å². The van der Waals surface area contributed by atoms with Gasteiger partial charge >= 0.3 is 11.8 Å². The molecule has 1 atom stereocenters. The number of rotatable bonds is 7. The van der Waals surface area contributed by atoms with E-state index in [4.69, 9.17) is 0 Å². The number of aryl methyl sites for hydroxylation is 1. The van der Waals surface area contributed by atoms with Crippen LogP contribution < -0.4 is 10.6 Å². The molecule has 8 heteroatoms. The Morgan fingerprint density at radius 2 is 1.78 bits per heavy atom. The van der Waals surface area contributed by atoms with E-state index in [9.17, 15) is 18.0 Å². The van der Waals surface area contributed by atoms with E-state index in [1.165, 1.54) is 4.31 Å². The van der Waals surface area contributed by atoms with Gasteiger partial charge in [-0.15, -0.1) is 0 Å². The van der Waals surface area contributed by atoms with Gasteiger partial charge in [0.1, 0.15) is 0 Å². The summed E-state index contributed by atoms with van der Waals surface area (Å²) in [6.07, 6.45) is 2.18. The van der Waals surface area contributed by atoms with Crippen molar-refractivity contribution in [2.24, 2.45) is 5.92 Å². The number of nitrogens with one attached hydrogen (secondary N) is 2. The number of sulfonamides is 1. The highest BCUT2D eigenvalue weighted by Crippen LogP contribution is 2.25. The van der Waals surface area contributed by atoms with Gasteiger partial charge in [-0.25, -0.2) is 8.42 Å². The van der Waals surface area contributed by atoms with Gasteiger partial charge in [0.05, 0.1) is 4.90 Å². The van der Waals surface area contributed by atoms with Crippen LogP contribution in [-0.4, -0.2) is 50.2 Å². The molecule has 27 heavy (non-hydrogen) atoms. The summed E-state index contributed by atoms with van der Waals surface area (Å²) < 4.78 is 27.2. The molecule has 1 heterocycles. The van der Waals surface area contributed by atoms with Crippen molar-refractivity contribution in [2.75, 3.05) is 19.6 Å². The van der Waals surface area contributed by atoms with Crippen LogP contribution in [0.4, 0.5) is 0 Å². The fourth-order valence-electron chi connectivity index (χ4n) is 3.02. The zero-order valence-electron chi connectivity index (χ0n) is 16.2. The highest BCUT2D eigenvalue weighted by molar-refractivity contribution is 7.89. The third-order valence-corrected chi connectivity index (χ3v) is 6.63. The monoisotopic (exact) mass is 395 g/mol. The molecule has 150 valence electrons. The molecule has 1 aromatic rings. The zero-order valence-corrected chi connectivity index (χ0v) is 17.0. The first kappa shape index (κ1) is 21.4. The number of carbonyl (C=O) groups excluding carboxylic acids is 2. The molecule has 0 bridgehead atoms. The molecule has 0 saturated carbocycles. The Labute approximate surface area is 161 Å². The molecule has 1 aromatic carbocycles. The third-order valence-electron chi connectivity index (χ3n) is 4.66. The second-order valence-corrected chi connectivity index (χ2v) is 9.26. The van der Waals surface area contributed by atoms with Gasteiger partial charge in [0.2, 0.25) is 10.0 Å². The van der Waals surface area contributed by atoms with Crippen molar-refractivity contribution in [1.82, 2.24) is 14.9 Å². The molecule has 2 rings (SSSR count). The molecule has 0 unspecified atom stereocenters. The van der Waals surface area contributed by atoms with Crippen molar-refractivity contribution in [3.05, 3.63) is 29.8 Å². The summed E-state index contributed by atoms with van der Waals surface area (Å²) in [5.41, 5.74) is 0.989. The van der Waals surface area contributed by atoms with Crippen LogP contribution in [0.25, 0.3) is 0 Å². The maximum atomic E-state index is 12.9. The van der Waals surface area contributed by atoms with Gasteiger partial charge in [-0.05, 0) is 44.2 Å². The van der Waals surface area contributed by atoms with Crippen LogP contribution in [0.3, 0.4) is 0 Å². The Hall–Kier alpha value is -1.93. The minimum absolute atomic E-state index is 0.127.